The Morgan fingerprint density at radius 3 is 2.61 bits per heavy atom. The zero-order valence-electron chi connectivity index (χ0n) is 9.57. The van der Waals surface area contributed by atoms with Gasteiger partial charge in [-0.2, -0.15) is 0 Å². The fourth-order valence-corrected chi connectivity index (χ4v) is 1.80. The molecule has 0 unspecified atom stereocenters. The number of aliphatic carboxylic acids is 1. The number of amides is 1. The number of rotatable bonds is 5. The number of benzene rings is 1. The number of nitrogens with one attached hydrogen (secondary N) is 1. The van der Waals surface area contributed by atoms with E-state index in [9.17, 15) is 14.0 Å². The number of carbonyl (C=O) groups is 2. The molecule has 96 valence electrons. The number of anilines is 1. The van der Waals surface area contributed by atoms with Crippen LogP contribution in [0.5, 0.6) is 0 Å². The van der Waals surface area contributed by atoms with Gasteiger partial charge in [-0.3, -0.25) is 9.59 Å². The minimum atomic E-state index is -0.882. The Bertz CT molecular complexity index is 512. The fraction of sp³-hybridized carbons (Fsp3) is 0.333. The van der Waals surface area contributed by atoms with E-state index in [4.69, 9.17) is 10.8 Å². The summed E-state index contributed by atoms with van der Waals surface area (Å²) in [6, 6.07) is 4.07. The SMILES string of the molecule is NC(=O)c1c(F)cccc1NCC1(C(=O)O)CC1. The normalized spacial score (nSPS) is 16.1. The molecule has 1 aliphatic carbocycles. The Hall–Kier alpha value is -2.11. The predicted octanol–water partition coefficient (Wildman–Crippen LogP) is 1.20. The van der Waals surface area contributed by atoms with Gasteiger partial charge in [0.2, 0.25) is 0 Å². The van der Waals surface area contributed by atoms with Crippen molar-refractivity contribution in [1.82, 2.24) is 0 Å². The lowest BCUT2D eigenvalue weighted by Crippen LogP contribution is -2.26. The number of primary amides is 1. The topological polar surface area (TPSA) is 92.4 Å². The second-order valence-electron chi connectivity index (χ2n) is 4.47. The van der Waals surface area contributed by atoms with E-state index in [1.54, 1.807) is 0 Å². The van der Waals surface area contributed by atoms with Gasteiger partial charge in [0, 0.05) is 12.2 Å². The van der Waals surface area contributed by atoms with Gasteiger partial charge >= 0.3 is 5.97 Å². The van der Waals surface area contributed by atoms with E-state index in [1.807, 2.05) is 0 Å². The number of carboxylic acid groups (broad SMARTS) is 1. The van der Waals surface area contributed by atoms with Crippen molar-refractivity contribution in [1.29, 1.82) is 0 Å². The van der Waals surface area contributed by atoms with Gasteiger partial charge in [-0.05, 0) is 25.0 Å². The Labute approximate surface area is 103 Å². The van der Waals surface area contributed by atoms with Gasteiger partial charge in [0.05, 0.1) is 11.0 Å². The van der Waals surface area contributed by atoms with Crippen molar-refractivity contribution in [3.63, 3.8) is 0 Å². The number of nitrogens with two attached hydrogens (primary N) is 1. The first-order chi connectivity index (χ1) is 8.46. The summed E-state index contributed by atoms with van der Waals surface area (Å²) in [6.07, 6.45) is 1.16. The molecule has 0 heterocycles. The van der Waals surface area contributed by atoms with Crippen molar-refractivity contribution in [2.45, 2.75) is 12.8 Å². The van der Waals surface area contributed by atoms with Crippen LogP contribution in [0.15, 0.2) is 18.2 Å². The summed E-state index contributed by atoms with van der Waals surface area (Å²) in [5.41, 5.74) is 4.30. The quantitative estimate of drug-likeness (QED) is 0.734. The van der Waals surface area contributed by atoms with Crippen molar-refractivity contribution < 1.29 is 19.1 Å². The van der Waals surface area contributed by atoms with Crippen LogP contribution in [-0.2, 0) is 4.79 Å². The van der Waals surface area contributed by atoms with Crippen LogP contribution in [0, 0.1) is 11.2 Å². The minimum Gasteiger partial charge on any atom is -0.481 e. The van der Waals surface area contributed by atoms with Crippen molar-refractivity contribution >= 4 is 17.6 Å². The highest BCUT2D eigenvalue weighted by atomic mass is 19.1. The lowest BCUT2D eigenvalue weighted by Gasteiger charge is -2.14. The zero-order valence-corrected chi connectivity index (χ0v) is 9.57. The van der Waals surface area contributed by atoms with Gasteiger partial charge in [0.25, 0.3) is 5.91 Å². The van der Waals surface area contributed by atoms with Crippen molar-refractivity contribution in [2.24, 2.45) is 11.1 Å². The summed E-state index contributed by atoms with van der Waals surface area (Å²) in [4.78, 5) is 22.1. The molecule has 0 spiro atoms. The largest absolute Gasteiger partial charge is 0.481 e. The number of carboxylic acids is 1. The van der Waals surface area contributed by atoms with Gasteiger partial charge in [-0.15, -0.1) is 0 Å². The van der Waals surface area contributed by atoms with Crippen LogP contribution in [0.25, 0.3) is 0 Å². The van der Waals surface area contributed by atoms with Gasteiger partial charge in [0.15, 0.2) is 0 Å². The molecule has 0 bridgehead atoms. The first kappa shape index (κ1) is 12.3. The van der Waals surface area contributed by atoms with Gasteiger partial charge < -0.3 is 16.2 Å². The average Bonchev–Trinajstić information content (AvgIpc) is 3.06. The molecule has 0 aromatic heterocycles. The summed E-state index contributed by atoms with van der Waals surface area (Å²) in [5, 5.41) is 11.8. The zero-order chi connectivity index (χ0) is 13.3. The number of hydrogen-bond acceptors (Lipinski definition) is 3. The summed E-state index contributed by atoms with van der Waals surface area (Å²) >= 11 is 0. The Kier molecular flexibility index (Phi) is 2.94. The molecule has 4 N–H and O–H groups in total. The average molecular weight is 252 g/mol. The highest BCUT2D eigenvalue weighted by molar-refractivity contribution is 5.98. The highest BCUT2D eigenvalue weighted by Crippen LogP contribution is 2.45. The Morgan fingerprint density at radius 1 is 1.44 bits per heavy atom. The molecular formula is C12H13FN2O3. The van der Waals surface area contributed by atoms with E-state index in [0.29, 0.717) is 12.8 Å². The fourth-order valence-electron chi connectivity index (χ4n) is 1.80. The third kappa shape index (κ3) is 2.13. The third-order valence-electron chi connectivity index (χ3n) is 3.18. The maximum atomic E-state index is 13.4. The van der Waals surface area contributed by atoms with Gasteiger partial charge in [-0.1, -0.05) is 6.07 Å². The maximum Gasteiger partial charge on any atom is 0.311 e. The molecule has 1 amide bonds. The second-order valence-corrected chi connectivity index (χ2v) is 4.47. The number of carbonyl (C=O) groups excluding carboxylic acids is 1. The lowest BCUT2D eigenvalue weighted by molar-refractivity contribution is -0.142. The molecule has 2 rings (SSSR count). The smallest absolute Gasteiger partial charge is 0.311 e. The summed E-state index contributed by atoms with van der Waals surface area (Å²) in [6.45, 7) is 0.159. The van der Waals surface area contributed by atoms with E-state index in [2.05, 4.69) is 5.32 Å². The molecule has 1 aromatic rings. The van der Waals surface area contributed by atoms with E-state index in [-0.39, 0.29) is 17.8 Å². The van der Waals surface area contributed by atoms with E-state index in [0.717, 1.165) is 6.07 Å². The molecule has 5 nitrogen and oxygen atoms in total. The lowest BCUT2D eigenvalue weighted by atomic mass is 10.1. The van der Waals surface area contributed by atoms with Crippen molar-refractivity contribution in [3.05, 3.63) is 29.6 Å². The Morgan fingerprint density at radius 2 is 2.11 bits per heavy atom. The summed E-state index contributed by atoms with van der Waals surface area (Å²) < 4.78 is 13.4. The molecule has 0 saturated heterocycles. The first-order valence-electron chi connectivity index (χ1n) is 5.52. The van der Waals surface area contributed by atoms with Crippen LogP contribution in [0.4, 0.5) is 10.1 Å². The molecule has 0 atom stereocenters. The van der Waals surface area contributed by atoms with Gasteiger partial charge in [-0.25, -0.2) is 4.39 Å². The minimum absolute atomic E-state index is 0.159. The van der Waals surface area contributed by atoms with E-state index in [1.165, 1.54) is 12.1 Å². The van der Waals surface area contributed by atoms with Crippen LogP contribution >= 0.6 is 0 Å². The highest BCUT2D eigenvalue weighted by Gasteiger charge is 2.50. The van der Waals surface area contributed by atoms with Crippen molar-refractivity contribution in [2.75, 3.05) is 11.9 Å². The summed E-state index contributed by atoms with van der Waals surface area (Å²) in [7, 11) is 0. The second kappa shape index (κ2) is 4.29. The van der Waals surface area contributed by atoms with Crippen LogP contribution in [-0.4, -0.2) is 23.5 Å². The first-order valence-corrected chi connectivity index (χ1v) is 5.52. The molecule has 1 aliphatic rings. The molecule has 18 heavy (non-hydrogen) atoms. The molecule has 1 fully saturated rings. The van der Waals surface area contributed by atoms with E-state index < -0.39 is 23.1 Å². The molecular weight excluding hydrogens is 239 g/mol. The van der Waals surface area contributed by atoms with Crippen LogP contribution < -0.4 is 11.1 Å². The summed E-state index contributed by atoms with van der Waals surface area (Å²) in [5.74, 6) is -2.48. The molecule has 6 heteroatoms. The van der Waals surface area contributed by atoms with Crippen LogP contribution in [0.2, 0.25) is 0 Å². The number of halogens is 1. The maximum absolute atomic E-state index is 13.4. The van der Waals surface area contributed by atoms with Crippen molar-refractivity contribution in [3.8, 4) is 0 Å². The molecule has 1 aromatic carbocycles. The van der Waals surface area contributed by atoms with Gasteiger partial charge in [0.1, 0.15) is 5.82 Å². The Balaban J connectivity index is 2.17. The molecule has 0 aliphatic heterocycles. The van der Waals surface area contributed by atoms with E-state index >= 15 is 0 Å². The molecule has 1 saturated carbocycles. The number of hydrogen-bond donors (Lipinski definition) is 3. The third-order valence-corrected chi connectivity index (χ3v) is 3.18. The standard InChI is InChI=1S/C12H13FN2O3/c13-7-2-1-3-8(9(7)10(14)16)15-6-12(4-5-12)11(17)18/h1-3,15H,4-6H2,(H2,14,16)(H,17,18). The van der Waals surface area contributed by atoms with Crippen LogP contribution in [0.3, 0.4) is 0 Å². The monoisotopic (exact) mass is 252 g/mol. The predicted molar refractivity (Wildman–Crippen MR) is 62.7 cm³/mol. The molecule has 0 radical (unpaired) electrons. The van der Waals surface area contributed by atoms with Crippen LogP contribution in [0.1, 0.15) is 23.2 Å².